The molecular formula is C26H28F3N5O2. The molecule has 0 unspecified atom stereocenters. The Labute approximate surface area is 207 Å². The number of pyridine rings is 2. The minimum atomic E-state index is -4.53. The molecule has 1 aliphatic carbocycles. The quantitative estimate of drug-likeness (QED) is 0.533. The molecule has 1 aromatic carbocycles. The third-order valence-corrected chi connectivity index (χ3v) is 6.72. The monoisotopic (exact) mass is 499 g/mol. The molecule has 2 aliphatic rings. The van der Waals surface area contributed by atoms with Crippen LogP contribution in [-0.4, -0.2) is 54.3 Å². The van der Waals surface area contributed by atoms with Gasteiger partial charge in [0.1, 0.15) is 11.5 Å². The molecule has 5 rings (SSSR count). The van der Waals surface area contributed by atoms with E-state index in [0.717, 1.165) is 44.2 Å². The molecule has 2 N–H and O–H groups in total. The van der Waals surface area contributed by atoms with Gasteiger partial charge in [-0.05, 0) is 49.9 Å². The summed E-state index contributed by atoms with van der Waals surface area (Å²) in [6, 6.07) is 11.2. The van der Waals surface area contributed by atoms with Crippen molar-refractivity contribution in [1.82, 2.24) is 15.3 Å². The van der Waals surface area contributed by atoms with Gasteiger partial charge in [-0.15, -0.1) is 0 Å². The molecule has 1 amide bonds. The second-order valence-electron chi connectivity index (χ2n) is 9.25. The number of ether oxygens (including phenoxy) is 1. The number of fused-ring (bicyclic) bond motifs is 1. The number of benzene rings is 1. The van der Waals surface area contributed by atoms with Crippen molar-refractivity contribution in [2.75, 3.05) is 36.5 Å². The zero-order valence-electron chi connectivity index (χ0n) is 19.7. The predicted octanol–water partition coefficient (Wildman–Crippen LogP) is 4.64. The maximum atomic E-state index is 13.4. The van der Waals surface area contributed by atoms with Gasteiger partial charge in [0.25, 0.3) is 5.91 Å². The van der Waals surface area contributed by atoms with Gasteiger partial charge in [0.2, 0.25) is 0 Å². The highest BCUT2D eigenvalue weighted by molar-refractivity contribution is 5.95. The topological polar surface area (TPSA) is 79.4 Å². The molecular weight excluding hydrogens is 471 g/mol. The number of halogens is 3. The number of morpholine rings is 1. The first-order chi connectivity index (χ1) is 17.4. The maximum absolute atomic E-state index is 13.4. The van der Waals surface area contributed by atoms with E-state index in [-0.39, 0.29) is 18.0 Å². The van der Waals surface area contributed by atoms with Gasteiger partial charge < -0.3 is 20.3 Å². The Hall–Kier alpha value is -3.40. The molecule has 2 fully saturated rings. The Morgan fingerprint density at radius 3 is 2.64 bits per heavy atom. The number of alkyl halides is 3. The standard InChI is InChI=1S/C26H28F3N5O2/c27-26(28,29)23-16-22(20-6-1-2-7-21(20)33-23)31-18-4-3-5-19(15-18)32-25(35)17-8-9-30-24(14-17)34-10-12-36-13-11-34/h1-2,6-9,14,16,18-19H,3-5,10-13,15H2,(H,31,33)(H,32,35)/t18-,19+/m0/s1. The summed E-state index contributed by atoms with van der Waals surface area (Å²) in [5.74, 6) is 0.574. The maximum Gasteiger partial charge on any atom is 0.433 e. The van der Waals surface area contributed by atoms with Crippen LogP contribution in [0, 0.1) is 0 Å². The Morgan fingerprint density at radius 1 is 1.06 bits per heavy atom. The second-order valence-corrected chi connectivity index (χ2v) is 9.25. The zero-order chi connectivity index (χ0) is 25.1. The first kappa shape index (κ1) is 24.3. The largest absolute Gasteiger partial charge is 0.433 e. The van der Waals surface area contributed by atoms with Crippen molar-refractivity contribution in [3.05, 3.63) is 59.9 Å². The fourth-order valence-electron chi connectivity index (χ4n) is 4.91. The molecule has 0 bridgehead atoms. The van der Waals surface area contributed by atoms with E-state index in [2.05, 4.69) is 25.5 Å². The summed E-state index contributed by atoms with van der Waals surface area (Å²) in [6.45, 7) is 2.72. The number of para-hydroxylation sites is 1. The molecule has 1 aliphatic heterocycles. The van der Waals surface area contributed by atoms with Crippen LogP contribution in [0.1, 0.15) is 41.7 Å². The van der Waals surface area contributed by atoms with Crippen LogP contribution in [0.5, 0.6) is 0 Å². The van der Waals surface area contributed by atoms with Gasteiger partial charge in [-0.2, -0.15) is 13.2 Å². The number of nitrogens with zero attached hydrogens (tertiary/aromatic N) is 3. The van der Waals surface area contributed by atoms with Crippen LogP contribution in [0.3, 0.4) is 0 Å². The highest BCUT2D eigenvalue weighted by Gasteiger charge is 2.34. The van der Waals surface area contributed by atoms with Gasteiger partial charge in [-0.3, -0.25) is 4.79 Å². The van der Waals surface area contributed by atoms with E-state index in [1.54, 1.807) is 42.6 Å². The normalized spacial score (nSPS) is 20.8. The van der Waals surface area contributed by atoms with Gasteiger partial charge in [-0.1, -0.05) is 18.2 Å². The van der Waals surface area contributed by atoms with Crippen LogP contribution in [0.15, 0.2) is 48.7 Å². The minimum Gasteiger partial charge on any atom is -0.382 e. The molecule has 7 nitrogen and oxygen atoms in total. The minimum absolute atomic E-state index is 0.0720. The molecule has 1 saturated heterocycles. The van der Waals surface area contributed by atoms with Gasteiger partial charge in [0.05, 0.1) is 18.7 Å². The van der Waals surface area contributed by atoms with Gasteiger partial charge >= 0.3 is 6.18 Å². The summed E-state index contributed by atoms with van der Waals surface area (Å²) >= 11 is 0. The van der Waals surface area contributed by atoms with Crippen molar-refractivity contribution in [1.29, 1.82) is 0 Å². The smallest absolute Gasteiger partial charge is 0.382 e. The van der Waals surface area contributed by atoms with E-state index < -0.39 is 11.9 Å². The summed E-state index contributed by atoms with van der Waals surface area (Å²) in [7, 11) is 0. The Bertz CT molecular complexity index is 1230. The van der Waals surface area contributed by atoms with Gasteiger partial charge in [0, 0.05) is 48.0 Å². The first-order valence-electron chi connectivity index (χ1n) is 12.2. The fraction of sp³-hybridized carbons (Fsp3) is 0.423. The third-order valence-electron chi connectivity index (χ3n) is 6.72. The molecule has 0 radical (unpaired) electrons. The number of hydrogen-bond acceptors (Lipinski definition) is 6. The number of carbonyl (C=O) groups excluding carboxylic acids is 1. The summed E-state index contributed by atoms with van der Waals surface area (Å²) in [5, 5.41) is 7.07. The Balaban J connectivity index is 1.27. The van der Waals surface area contributed by atoms with Crippen LogP contribution in [0.25, 0.3) is 10.9 Å². The number of anilines is 2. The summed E-state index contributed by atoms with van der Waals surface area (Å²) in [5.41, 5.74) is 0.327. The first-order valence-corrected chi connectivity index (χ1v) is 12.2. The lowest BCUT2D eigenvalue weighted by Crippen LogP contribution is -2.42. The summed E-state index contributed by atoms with van der Waals surface area (Å²) < 4.78 is 45.7. The lowest BCUT2D eigenvalue weighted by atomic mass is 9.90. The van der Waals surface area contributed by atoms with Crippen molar-refractivity contribution in [3.63, 3.8) is 0 Å². The van der Waals surface area contributed by atoms with Crippen LogP contribution in [0.4, 0.5) is 24.7 Å². The van der Waals surface area contributed by atoms with Crippen LogP contribution in [-0.2, 0) is 10.9 Å². The lowest BCUT2D eigenvalue weighted by molar-refractivity contribution is -0.140. The van der Waals surface area contributed by atoms with Crippen LogP contribution in [0.2, 0.25) is 0 Å². The Kier molecular flexibility index (Phi) is 6.95. The number of amides is 1. The Morgan fingerprint density at radius 2 is 1.83 bits per heavy atom. The second kappa shape index (κ2) is 10.3. The highest BCUT2D eigenvalue weighted by atomic mass is 19.4. The highest BCUT2D eigenvalue weighted by Crippen LogP contribution is 2.34. The number of carbonyl (C=O) groups is 1. The molecule has 2 aromatic heterocycles. The summed E-state index contributed by atoms with van der Waals surface area (Å²) in [4.78, 5) is 23.3. The fourth-order valence-corrected chi connectivity index (χ4v) is 4.91. The van der Waals surface area contributed by atoms with E-state index in [0.29, 0.717) is 41.8 Å². The van der Waals surface area contributed by atoms with Gasteiger partial charge in [-0.25, -0.2) is 9.97 Å². The molecule has 3 heterocycles. The molecule has 0 spiro atoms. The van der Waals surface area contributed by atoms with Crippen molar-refractivity contribution in [2.45, 2.75) is 43.9 Å². The van der Waals surface area contributed by atoms with Crippen molar-refractivity contribution in [2.24, 2.45) is 0 Å². The number of nitrogens with one attached hydrogen (secondary N) is 2. The van der Waals surface area contributed by atoms with E-state index in [1.165, 1.54) is 0 Å². The van der Waals surface area contributed by atoms with Gasteiger partial charge in [0.15, 0.2) is 0 Å². The summed E-state index contributed by atoms with van der Waals surface area (Å²) in [6.07, 6.45) is 0.196. The molecule has 190 valence electrons. The molecule has 1 saturated carbocycles. The van der Waals surface area contributed by atoms with Crippen molar-refractivity contribution < 1.29 is 22.7 Å². The lowest BCUT2D eigenvalue weighted by Gasteiger charge is -2.31. The van der Waals surface area contributed by atoms with Crippen molar-refractivity contribution >= 4 is 28.3 Å². The number of aromatic nitrogens is 2. The average molecular weight is 500 g/mol. The molecule has 2 atom stereocenters. The van der Waals surface area contributed by atoms with E-state index in [9.17, 15) is 18.0 Å². The van der Waals surface area contributed by atoms with Crippen LogP contribution >= 0.6 is 0 Å². The zero-order valence-corrected chi connectivity index (χ0v) is 19.7. The van der Waals surface area contributed by atoms with E-state index in [1.807, 2.05) is 0 Å². The average Bonchev–Trinajstić information content (AvgIpc) is 2.89. The molecule has 10 heteroatoms. The van der Waals surface area contributed by atoms with E-state index >= 15 is 0 Å². The van der Waals surface area contributed by atoms with Crippen molar-refractivity contribution in [3.8, 4) is 0 Å². The SMILES string of the molecule is O=C(N[C@@H]1CCC[C@H](Nc2cc(C(F)(F)F)nc3ccccc23)C1)c1ccnc(N2CCOCC2)c1. The molecule has 36 heavy (non-hydrogen) atoms. The molecule has 3 aromatic rings. The van der Waals surface area contributed by atoms with Crippen LogP contribution < -0.4 is 15.5 Å². The predicted molar refractivity (Wildman–Crippen MR) is 131 cm³/mol. The third kappa shape index (κ3) is 5.53. The van der Waals surface area contributed by atoms with E-state index in [4.69, 9.17) is 4.74 Å². The number of rotatable bonds is 5. The number of hydrogen-bond donors (Lipinski definition) is 2.